The second-order valence-electron chi connectivity index (χ2n) is 4.30. The van der Waals surface area contributed by atoms with Crippen LogP contribution in [0.4, 0.5) is 0 Å². The highest BCUT2D eigenvalue weighted by atomic mass is 16.5. The zero-order valence-electron chi connectivity index (χ0n) is 10.9. The van der Waals surface area contributed by atoms with Crippen LogP contribution in [0.5, 0.6) is 5.75 Å². The van der Waals surface area contributed by atoms with Gasteiger partial charge in [0.1, 0.15) is 5.75 Å². The first-order valence-electron chi connectivity index (χ1n) is 5.55. The van der Waals surface area contributed by atoms with Crippen LogP contribution in [0.1, 0.15) is 5.56 Å². The third kappa shape index (κ3) is 4.07. The number of amides is 1. The van der Waals surface area contributed by atoms with Crippen molar-refractivity contribution in [3.63, 3.8) is 0 Å². The summed E-state index contributed by atoms with van der Waals surface area (Å²) < 4.78 is 5.26. The molecule has 0 heterocycles. The van der Waals surface area contributed by atoms with Crippen LogP contribution < -0.4 is 4.74 Å². The van der Waals surface area contributed by atoms with Gasteiger partial charge in [0, 0.05) is 19.2 Å². The summed E-state index contributed by atoms with van der Waals surface area (Å²) in [6.45, 7) is 0.988. The van der Waals surface area contributed by atoms with Crippen LogP contribution in [-0.2, 0) is 11.3 Å². The molecular weight excluding hydrogens is 216 g/mol. The number of methoxy groups -OCH3 is 1. The average molecular weight is 236 g/mol. The second-order valence-corrected chi connectivity index (χ2v) is 4.30. The minimum atomic E-state index is 0.0981. The lowest BCUT2D eigenvalue weighted by Gasteiger charge is -2.20. The average Bonchev–Trinajstić information content (AvgIpc) is 2.28. The van der Waals surface area contributed by atoms with E-state index in [0.29, 0.717) is 13.1 Å². The van der Waals surface area contributed by atoms with Gasteiger partial charge in [-0.05, 0) is 20.2 Å². The van der Waals surface area contributed by atoms with E-state index >= 15 is 0 Å². The first kappa shape index (κ1) is 13.5. The largest absolute Gasteiger partial charge is 0.496 e. The molecule has 0 unspecified atom stereocenters. The fourth-order valence-corrected chi connectivity index (χ4v) is 1.57. The van der Waals surface area contributed by atoms with Crippen molar-refractivity contribution < 1.29 is 9.53 Å². The topological polar surface area (TPSA) is 32.8 Å². The van der Waals surface area contributed by atoms with Gasteiger partial charge in [-0.3, -0.25) is 4.79 Å². The van der Waals surface area contributed by atoms with E-state index in [2.05, 4.69) is 0 Å². The van der Waals surface area contributed by atoms with E-state index in [9.17, 15) is 4.79 Å². The molecule has 0 spiro atoms. The highest BCUT2D eigenvalue weighted by Gasteiger charge is 2.12. The predicted octanol–water partition coefficient (Wildman–Crippen LogP) is 1.22. The van der Waals surface area contributed by atoms with E-state index in [1.54, 1.807) is 19.1 Å². The van der Waals surface area contributed by atoms with Gasteiger partial charge in [-0.2, -0.15) is 0 Å². The molecule has 94 valence electrons. The lowest BCUT2D eigenvalue weighted by Crippen LogP contribution is -2.34. The Morgan fingerprint density at radius 1 is 1.24 bits per heavy atom. The highest BCUT2D eigenvalue weighted by molar-refractivity contribution is 5.78. The number of carbonyl (C=O) groups excluding carboxylic acids is 1. The van der Waals surface area contributed by atoms with Crippen molar-refractivity contribution in [3.05, 3.63) is 29.8 Å². The normalized spacial score (nSPS) is 10.4. The van der Waals surface area contributed by atoms with Crippen LogP contribution in [0.2, 0.25) is 0 Å². The standard InChI is InChI=1S/C13H20N2O2/c1-14(2)10-13(16)15(3)9-11-7-5-6-8-12(11)17-4/h5-8H,9-10H2,1-4H3. The first-order chi connectivity index (χ1) is 8.04. The Morgan fingerprint density at radius 3 is 2.47 bits per heavy atom. The van der Waals surface area contributed by atoms with Crippen LogP contribution in [-0.4, -0.2) is 50.5 Å². The van der Waals surface area contributed by atoms with Crippen LogP contribution in [0, 0.1) is 0 Å². The minimum Gasteiger partial charge on any atom is -0.496 e. The van der Waals surface area contributed by atoms with Crippen molar-refractivity contribution in [1.82, 2.24) is 9.80 Å². The van der Waals surface area contributed by atoms with Crippen LogP contribution >= 0.6 is 0 Å². The number of ether oxygens (including phenoxy) is 1. The maximum Gasteiger partial charge on any atom is 0.236 e. The Bertz CT molecular complexity index is 377. The van der Waals surface area contributed by atoms with Gasteiger partial charge in [-0.25, -0.2) is 0 Å². The monoisotopic (exact) mass is 236 g/mol. The van der Waals surface area contributed by atoms with Gasteiger partial charge in [0.15, 0.2) is 0 Å². The van der Waals surface area contributed by atoms with Crippen molar-refractivity contribution in [2.24, 2.45) is 0 Å². The molecule has 0 atom stereocenters. The molecule has 0 aliphatic heterocycles. The van der Waals surface area contributed by atoms with Crippen molar-refractivity contribution in [1.29, 1.82) is 0 Å². The van der Waals surface area contributed by atoms with E-state index in [4.69, 9.17) is 4.74 Å². The molecule has 1 aromatic rings. The van der Waals surface area contributed by atoms with E-state index in [0.717, 1.165) is 11.3 Å². The minimum absolute atomic E-state index is 0.0981. The summed E-state index contributed by atoms with van der Waals surface area (Å²) in [5.74, 6) is 0.915. The van der Waals surface area contributed by atoms with Crippen molar-refractivity contribution in [2.45, 2.75) is 6.54 Å². The molecule has 0 fully saturated rings. The molecule has 4 heteroatoms. The zero-order chi connectivity index (χ0) is 12.8. The fraction of sp³-hybridized carbons (Fsp3) is 0.462. The third-order valence-electron chi connectivity index (χ3n) is 2.48. The van der Waals surface area contributed by atoms with Gasteiger partial charge in [0.2, 0.25) is 5.91 Å². The number of para-hydroxylation sites is 1. The third-order valence-corrected chi connectivity index (χ3v) is 2.48. The van der Waals surface area contributed by atoms with Gasteiger partial charge in [0.05, 0.1) is 13.7 Å². The highest BCUT2D eigenvalue weighted by Crippen LogP contribution is 2.18. The summed E-state index contributed by atoms with van der Waals surface area (Å²) in [6.07, 6.45) is 0. The van der Waals surface area contributed by atoms with Crippen molar-refractivity contribution in [3.8, 4) is 5.75 Å². The molecule has 0 aliphatic rings. The van der Waals surface area contributed by atoms with E-state index < -0.39 is 0 Å². The van der Waals surface area contributed by atoms with Crippen LogP contribution in [0.25, 0.3) is 0 Å². The molecule has 0 aliphatic carbocycles. The molecule has 0 aromatic heterocycles. The Kier molecular flexibility index (Phi) is 4.97. The quantitative estimate of drug-likeness (QED) is 0.770. The second kappa shape index (κ2) is 6.25. The molecule has 17 heavy (non-hydrogen) atoms. The van der Waals surface area contributed by atoms with Gasteiger partial charge >= 0.3 is 0 Å². The summed E-state index contributed by atoms with van der Waals surface area (Å²) in [6, 6.07) is 7.74. The summed E-state index contributed by atoms with van der Waals surface area (Å²) >= 11 is 0. The van der Waals surface area contributed by atoms with Gasteiger partial charge in [-0.15, -0.1) is 0 Å². The predicted molar refractivity (Wildman–Crippen MR) is 68.0 cm³/mol. The van der Waals surface area contributed by atoms with E-state index in [1.165, 1.54) is 0 Å². The summed E-state index contributed by atoms with van der Waals surface area (Å²) in [5, 5.41) is 0. The molecule has 0 bridgehead atoms. The van der Waals surface area contributed by atoms with Gasteiger partial charge < -0.3 is 14.5 Å². The van der Waals surface area contributed by atoms with Gasteiger partial charge in [0.25, 0.3) is 0 Å². The van der Waals surface area contributed by atoms with Gasteiger partial charge in [-0.1, -0.05) is 18.2 Å². The molecule has 1 amide bonds. The summed E-state index contributed by atoms with van der Waals surface area (Å²) in [4.78, 5) is 15.4. The zero-order valence-corrected chi connectivity index (χ0v) is 10.9. The molecule has 1 rings (SSSR count). The fourth-order valence-electron chi connectivity index (χ4n) is 1.57. The first-order valence-corrected chi connectivity index (χ1v) is 5.55. The number of carbonyl (C=O) groups is 1. The maximum absolute atomic E-state index is 11.8. The molecule has 0 radical (unpaired) electrons. The van der Waals surface area contributed by atoms with Crippen LogP contribution in [0.15, 0.2) is 24.3 Å². The summed E-state index contributed by atoms with van der Waals surface area (Å²) in [7, 11) is 7.21. The number of nitrogens with zero attached hydrogens (tertiary/aromatic N) is 2. The van der Waals surface area contributed by atoms with Crippen molar-refractivity contribution >= 4 is 5.91 Å². The van der Waals surface area contributed by atoms with E-state index in [-0.39, 0.29) is 5.91 Å². The Balaban J connectivity index is 2.67. The lowest BCUT2D eigenvalue weighted by atomic mass is 10.2. The molecule has 1 aromatic carbocycles. The smallest absolute Gasteiger partial charge is 0.236 e. The molecule has 0 N–H and O–H groups in total. The Labute approximate surface area is 103 Å². The lowest BCUT2D eigenvalue weighted by molar-refractivity contribution is -0.131. The van der Waals surface area contributed by atoms with Crippen LogP contribution in [0.3, 0.4) is 0 Å². The Morgan fingerprint density at radius 2 is 1.88 bits per heavy atom. The number of hydrogen-bond acceptors (Lipinski definition) is 3. The number of rotatable bonds is 5. The number of likely N-dealkylation sites (N-methyl/N-ethyl adjacent to an activating group) is 2. The molecule has 0 saturated heterocycles. The SMILES string of the molecule is COc1ccccc1CN(C)C(=O)CN(C)C. The molecule has 4 nitrogen and oxygen atoms in total. The summed E-state index contributed by atoms with van der Waals surface area (Å²) in [5.41, 5.74) is 1.02. The van der Waals surface area contributed by atoms with Crippen molar-refractivity contribution in [2.75, 3.05) is 34.8 Å². The Hall–Kier alpha value is -1.55. The maximum atomic E-state index is 11.8. The van der Waals surface area contributed by atoms with E-state index in [1.807, 2.05) is 43.3 Å². The molecular formula is C13H20N2O2. The molecule has 0 saturated carbocycles. The number of hydrogen-bond donors (Lipinski definition) is 0. The number of benzene rings is 1.